The van der Waals surface area contributed by atoms with E-state index in [9.17, 15) is 24.0 Å². The molecule has 6 fully saturated rings. The van der Waals surface area contributed by atoms with E-state index in [1.54, 1.807) is 0 Å². The monoisotopic (exact) mass is 1510 g/mol. The molecule has 4 aromatic carbocycles. The highest BCUT2D eigenvalue weighted by Crippen LogP contribution is 2.64. The maximum absolute atomic E-state index is 12.6. The Balaban J connectivity index is 0.000000247. The van der Waals surface area contributed by atoms with Crippen molar-refractivity contribution in [3.8, 4) is 23.0 Å². The van der Waals surface area contributed by atoms with Crippen LogP contribution in [0, 0.1) is 34.5 Å². The second-order valence-electron chi connectivity index (χ2n) is 35.4. The first-order valence-electron chi connectivity index (χ1n) is 42.5. The first-order chi connectivity index (χ1) is 51.5. The predicted octanol–water partition coefficient (Wildman–Crippen LogP) is 24.7. The van der Waals surface area contributed by atoms with Crippen molar-refractivity contribution in [3.63, 3.8) is 0 Å². The minimum atomic E-state index is -0.471. The Bertz CT molecular complexity index is 3290. The molecule has 0 saturated heterocycles. The van der Waals surface area contributed by atoms with E-state index in [2.05, 4.69) is 134 Å². The van der Waals surface area contributed by atoms with Crippen molar-refractivity contribution in [2.24, 2.45) is 34.5 Å². The summed E-state index contributed by atoms with van der Waals surface area (Å²) in [5.41, 5.74) is 3.24. The van der Waals surface area contributed by atoms with Gasteiger partial charge in [-0.05, 0) is 321 Å². The van der Waals surface area contributed by atoms with Crippen LogP contribution in [0.15, 0.2) is 97.1 Å². The quantitative estimate of drug-likeness (QED) is 0.0326. The van der Waals surface area contributed by atoms with E-state index in [-0.39, 0.29) is 83.9 Å². The normalized spacial score (nSPS) is 20.4. The smallest absolute Gasteiger partial charge is 0.344 e. The van der Waals surface area contributed by atoms with E-state index in [0.717, 1.165) is 151 Å². The molecular formula is C95H148O14. The molecule has 14 heteroatoms. The molecule has 0 heterocycles. The van der Waals surface area contributed by atoms with Crippen LogP contribution in [0.2, 0.25) is 0 Å². The van der Waals surface area contributed by atoms with E-state index in [1.165, 1.54) is 67.2 Å². The summed E-state index contributed by atoms with van der Waals surface area (Å²) in [6.07, 6.45) is 27.9. The van der Waals surface area contributed by atoms with Crippen LogP contribution in [0.5, 0.6) is 23.0 Å². The van der Waals surface area contributed by atoms with Gasteiger partial charge in [0.15, 0.2) is 26.4 Å². The number of hydrogen-bond donors (Lipinski definition) is 0. The van der Waals surface area contributed by atoms with Gasteiger partial charge in [0.1, 0.15) is 51.0 Å². The van der Waals surface area contributed by atoms with Gasteiger partial charge in [-0.1, -0.05) is 158 Å². The lowest BCUT2D eigenvalue weighted by Gasteiger charge is -2.61. The fourth-order valence-electron chi connectivity index (χ4n) is 16.3. The Labute approximate surface area is 660 Å². The highest BCUT2D eigenvalue weighted by Gasteiger charge is 2.59. The van der Waals surface area contributed by atoms with Crippen LogP contribution in [0.4, 0.5) is 0 Å². The average Bonchev–Trinajstić information content (AvgIpc) is 0.947. The van der Waals surface area contributed by atoms with Crippen molar-refractivity contribution in [1.29, 1.82) is 0 Å². The summed E-state index contributed by atoms with van der Waals surface area (Å²) in [4.78, 5) is 60.4. The molecule has 612 valence electrons. The fraction of sp³-hybridized carbons (Fsp3) is 0.695. The second kappa shape index (κ2) is 44.0. The summed E-state index contributed by atoms with van der Waals surface area (Å²) >= 11 is 0. The number of rotatable bonds is 33. The predicted molar refractivity (Wildman–Crippen MR) is 442 cm³/mol. The maximum atomic E-state index is 12.6. The van der Waals surface area contributed by atoms with Gasteiger partial charge in [-0.15, -0.1) is 0 Å². The standard InChI is InChI=1S/C25H36O3.C20H30O3.C18H26O3.C16H24O3.C16H32O2/c1-5-17(2)21-6-8-22(9-7-21)27-16-23(26)28-24(3,4)25-13-18-10-19(14-25)12-20(11-18)15-25;1-4-16(3)17-9-11-18(12-10-17)22-15-19(21)23-20(5-2)13-7-6-8-14-20;1-4-14(2)15-8-7-9-16(12-15)20-13-17(19)21-18(3)10-5-6-11-18;1-6-12(2)13-7-9-14(10-8-13)18-11-15(17)19-16(3,4)5;1-8-11-12-16(10-3,13(4)5)18-14(17)15(6,7)9-2/h6-9,17-20H,5,10-16H2,1-4H3;9-12,16H,4-8,13-15H2,1-3H3;7-9,12,14H,4-6,10-11,13H2,1-3H3;7-10,12H,6,11H2,1-5H3;13H,8-12H2,1-7H3. The van der Waals surface area contributed by atoms with Crippen molar-refractivity contribution in [3.05, 3.63) is 119 Å². The molecule has 14 nitrogen and oxygen atoms in total. The zero-order valence-corrected chi connectivity index (χ0v) is 72.1. The van der Waals surface area contributed by atoms with Crippen molar-refractivity contribution in [2.75, 3.05) is 26.4 Å². The van der Waals surface area contributed by atoms with Crippen LogP contribution in [0.25, 0.3) is 0 Å². The second-order valence-corrected chi connectivity index (χ2v) is 35.4. The van der Waals surface area contributed by atoms with Gasteiger partial charge in [-0.3, -0.25) is 4.79 Å². The number of carbonyl (C=O) groups is 5. The molecule has 0 aliphatic heterocycles. The number of esters is 5. The van der Waals surface area contributed by atoms with Crippen LogP contribution in [-0.4, -0.2) is 84.3 Å². The lowest BCUT2D eigenvalue weighted by molar-refractivity contribution is -0.200. The number of benzene rings is 4. The highest BCUT2D eigenvalue weighted by atomic mass is 16.6. The van der Waals surface area contributed by atoms with E-state index < -0.39 is 11.2 Å². The van der Waals surface area contributed by atoms with Gasteiger partial charge in [0.05, 0.1) is 5.41 Å². The van der Waals surface area contributed by atoms with Crippen LogP contribution >= 0.6 is 0 Å². The Hall–Kier alpha value is -6.57. The molecule has 5 atom stereocenters. The van der Waals surface area contributed by atoms with E-state index in [4.69, 9.17) is 42.6 Å². The van der Waals surface area contributed by atoms with Crippen molar-refractivity contribution in [1.82, 2.24) is 0 Å². The SMILES string of the molecule is CCC(C)c1ccc(OCC(=O)OC(C)(C)C)cc1.CCC(C)c1ccc(OCC(=O)OC(C)(C)C23CC4CC(CC(C4)C2)C3)cc1.CCC(C)c1ccc(OCC(=O)OC2(CC)CCCCC2)cc1.CCC(C)c1cccc(OCC(=O)OC2(C)CCCC2)c1.CCCCC(CC)(OC(=O)C(C)(C)CC)C(C)C. The molecule has 5 unspecified atom stereocenters. The van der Waals surface area contributed by atoms with Gasteiger partial charge in [0, 0.05) is 5.41 Å². The molecule has 0 aromatic heterocycles. The van der Waals surface area contributed by atoms with Crippen LogP contribution in [0.1, 0.15) is 359 Å². The zero-order valence-electron chi connectivity index (χ0n) is 72.1. The number of unbranched alkanes of at least 4 members (excludes halogenated alkanes) is 1. The molecule has 109 heavy (non-hydrogen) atoms. The fourth-order valence-corrected chi connectivity index (χ4v) is 16.3. The topological polar surface area (TPSA) is 168 Å². The molecule has 0 amide bonds. The first kappa shape index (κ1) is 93.0. The molecule has 0 spiro atoms. The largest absolute Gasteiger partial charge is 0.482 e. The Morgan fingerprint density at radius 2 is 0.835 bits per heavy atom. The minimum absolute atomic E-state index is 0.00950. The third-order valence-corrected chi connectivity index (χ3v) is 24.9. The Morgan fingerprint density at radius 1 is 0.440 bits per heavy atom. The van der Waals surface area contributed by atoms with E-state index in [0.29, 0.717) is 35.3 Å². The average molecular weight is 1510 g/mol. The summed E-state index contributed by atoms with van der Waals surface area (Å²) in [5.74, 6) is 6.78. The van der Waals surface area contributed by atoms with Gasteiger partial charge in [-0.2, -0.15) is 0 Å². The van der Waals surface area contributed by atoms with Gasteiger partial charge >= 0.3 is 29.8 Å². The van der Waals surface area contributed by atoms with E-state index in [1.807, 2.05) is 115 Å². The molecular weight excluding hydrogens is 1370 g/mol. The molecule has 0 N–H and O–H groups in total. The van der Waals surface area contributed by atoms with Crippen molar-refractivity contribution in [2.45, 2.75) is 365 Å². The van der Waals surface area contributed by atoms with Crippen LogP contribution in [0.3, 0.4) is 0 Å². The summed E-state index contributed by atoms with van der Waals surface area (Å²) in [5, 5.41) is 0. The zero-order chi connectivity index (χ0) is 80.8. The van der Waals surface area contributed by atoms with Crippen LogP contribution in [-0.2, 0) is 47.7 Å². The van der Waals surface area contributed by atoms with Gasteiger partial charge in [-0.25, -0.2) is 19.2 Å². The summed E-state index contributed by atoms with van der Waals surface area (Å²) in [7, 11) is 0. The molecule has 4 bridgehead atoms. The number of carbonyl (C=O) groups excluding carboxylic acids is 5. The lowest BCUT2D eigenvalue weighted by atomic mass is 9.46. The Kier molecular flexibility index (Phi) is 37.6. The van der Waals surface area contributed by atoms with Crippen molar-refractivity contribution >= 4 is 29.8 Å². The van der Waals surface area contributed by atoms with E-state index >= 15 is 0 Å². The number of ether oxygens (including phenoxy) is 9. The molecule has 0 radical (unpaired) electrons. The maximum Gasteiger partial charge on any atom is 0.344 e. The number of hydrogen-bond acceptors (Lipinski definition) is 14. The molecule has 4 aromatic rings. The first-order valence-corrected chi connectivity index (χ1v) is 42.5. The van der Waals surface area contributed by atoms with Crippen molar-refractivity contribution < 1.29 is 66.6 Å². The molecule has 6 saturated carbocycles. The highest BCUT2D eigenvalue weighted by molar-refractivity contribution is 5.76. The summed E-state index contributed by atoms with van der Waals surface area (Å²) in [6.45, 7) is 45.9. The molecule has 10 rings (SSSR count). The Morgan fingerprint density at radius 3 is 1.22 bits per heavy atom. The van der Waals surface area contributed by atoms with Crippen LogP contribution < -0.4 is 18.9 Å². The molecule has 6 aliphatic rings. The van der Waals surface area contributed by atoms with Gasteiger partial charge in [0.25, 0.3) is 0 Å². The third kappa shape index (κ3) is 29.8. The summed E-state index contributed by atoms with van der Waals surface area (Å²) < 4.78 is 50.8. The third-order valence-electron chi connectivity index (χ3n) is 24.9. The molecule has 6 aliphatic carbocycles. The van der Waals surface area contributed by atoms with Gasteiger partial charge < -0.3 is 42.6 Å². The minimum Gasteiger partial charge on any atom is -0.482 e. The van der Waals surface area contributed by atoms with Gasteiger partial charge in [0.2, 0.25) is 0 Å². The lowest BCUT2D eigenvalue weighted by Crippen LogP contribution is -2.57. The summed E-state index contributed by atoms with van der Waals surface area (Å²) in [6, 6.07) is 32.0.